The van der Waals surface area contributed by atoms with Crippen LogP contribution in [0.15, 0.2) is 72.8 Å². The lowest BCUT2D eigenvalue weighted by Gasteiger charge is -2.27. The molecule has 0 aliphatic carbocycles. The van der Waals surface area contributed by atoms with E-state index in [2.05, 4.69) is 22.5 Å². The van der Waals surface area contributed by atoms with Gasteiger partial charge in [0.15, 0.2) is 0 Å². The summed E-state index contributed by atoms with van der Waals surface area (Å²) in [4.78, 5) is 25.0. The molecule has 0 bridgehead atoms. The molecule has 0 saturated carbocycles. The molecule has 4 rings (SSSR count). The first kappa shape index (κ1) is 19.3. The van der Waals surface area contributed by atoms with Crippen LogP contribution in [0.5, 0.6) is 11.5 Å². The third-order valence-electron chi connectivity index (χ3n) is 4.91. The second kappa shape index (κ2) is 8.54. The first-order valence-corrected chi connectivity index (χ1v) is 9.62. The molecule has 0 atom stereocenters. The van der Waals surface area contributed by atoms with Gasteiger partial charge in [0.1, 0.15) is 11.5 Å². The van der Waals surface area contributed by atoms with E-state index in [4.69, 9.17) is 4.74 Å². The summed E-state index contributed by atoms with van der Waals surface area (Å²) in [6.45, 7) is 0.169. The highest BCUT2D eigenvalue weighted by Crippen LogP contribution is 2.43. The maximum atomic E-state index is 13.1. The maximum Gasteiger partial charge on any atom is 0.252 e. The van der Waals surface area contributed by atoms with Crippen molar-refractivity contribution in [3.8, 4) is 23.3 Å². The molecule has 1 heterocycles. The summed E-state index contributed by atoms with van der Waals surface area (Å²) in [5.74, 6) is 6.48. The van der Waals surface area contributed by atoms with Crippen LogP contribution in [0.4, 0.5) is 0 Å². The van der Waals surface area contributed by atoms with Crippen molar-refractivity contribution in [2.45, 2.75) is 5.92 Å². The van der Waals surface area contributed by atoms with Crippen molar-refractivity contribution in [3.05, 3.63) is 95.1 Å². The van der Waals surface area contributed by atoms with Crippen LogP contribution < -0.4 is 15.4 Å². The molecule has 0 spiro atoms. The van der Waals surface area contributed by atoms with Gasteiger partial charge in [-0.2, -0.15) is 0 Å². The van der Waals surface area contributed by atoms with Gasteiger partial charge in [0.05, 0.1) is 18.0 Å². The zero-order chi connectivity index (χ0) is 20.9. The number of para-hydroxylation sites is 2. The normalized spacial score (nSPS) is 11.8. The number of fused-ring (bicyclic) bond motifs is 2. The first-order valence-electron chi connectivity index (χ1n) is 9.62. The molecule has 0 radical (unpaired) electrons. The summed E-state index contributed by atoms with van der Waals surface area (Å²) in [5, 5.41) is 5.50. The van der Waals surface area contributed by atoms with E-state index in [1.807, 2.05) is 54.6 Å². The van der Waals surface area contributed by atoms with Crippen LogP contribution in [-0.4, -0.2) is 25.4 Å². The predicted octanol–water partition coefficient (Wildman–Crippen LogP) is 3.45. The molecule has 148 valence electrons. The van der Waals surface area contributed by atoms with Gasteiger partial charge in [-0.15, -0.1) is 0 Å². The number of carbonyl (C=O) groups is 2. The number of rotatable bonds is 3. The smallest absolute Gasteiger partial charge is 0.252 e. The molecule has 30 heavy (non-hydrogen) atoms. The number of hydrogen-bond donors (Lipinski definition) is 2. The predicted molar refractivity (Wildman–Crippen MR) is 115 cm³/mol. The molecule has 5 heteroatoms. The van der Waals surface area contributed by atoms with E-state index in [1.54, 1.807) is 25.2 Å². The standard InChI is InChI=1S/C25H20N2O3/c1-26-24(28)18-11-3-2-9-17(18)10-8-16-27-25(29)23-19-12-4-6-14-21(19)30-22-15-7-5-13-20(22)23/h2-7,9,11-15,23H,16H2,1H3,(H,26,28)(H,27,29). The summed E-state index contributed by atoms with van der Waals surface area (Å²) in [7, 11) is 1.58. The van der Waals surface area contributed by atoms with Gasteiger partial charge in [0, 0.05) is 23.7 Å². The van der Waals surface area contributed by atoms with Crippen LogP contribution in [0, 0.1) is 11.8 Å². The van der Waals surface area contributed by atoms with Gasteiger partial charge in [-0.3, -0.25) is 9.59 Å². The summed E-state index contributed by atoms with van der Waals surface area (Å²) < 4.78 is 5.94. The molecular weight excluding hydrogens is 376 g/mol. The van der Waals surface area contributed by atoms with Crippen molar-refractivity contribution < 1.29 is 14.3 Å². The Hall–Kier alpha value is -4.04. The van der Waals surface area contributed by atoms with E-state index < -0.39 is 5.92 Å². The van der Waals surface area contributed by atoms with Gasteiger partial charge in [0.2, 0.25) is 5.91 Å². The van der Waals surface area contributed by atoms with Gasteiger partial charge in [0.25, 0.3) is 5.91 Å². The average molecular weight is 396 g/mol. The monoisotopic (exact) mass is 396 g/mol. The van der Waals surface area contributed by atoms with Crippen molar-refractivity contribution in [2.24, 2.45) is 0 Å². The van der Waals surface area contributed by atoms with Crippen molar-refractivity contribution >= 4 is 11.8 Å². The molecule has 3 aromatic carbocycles. The van der Waals surface area contributed by atoms with Crippen LogP contribution >= 0.6 is 0 Å². The number of carbonyl (C=O) groups excluding carboxylic acids is 2. The molecule has 2 N–H and O–H groups in total. The highest BCUT2D eigenvalue weighted by Gasteiger charge is 2.31. The molecule has 2 amide bonds. The van der Waals surface area contributed by atoms with E-state index in [1.165, 1.54) is 0 Å². The van der Waals surface area contributed by atoms with Crippen LogP contribution in [0.3, 0.4) is 0 Å². The Morgan fingerprint density at radius 3 is 2.17 bits per heavy atom. The van der Waals surface area contributed by atoms with Crippen molar-refractivity contribution in [2.75, 3.05) is 13.6 Å². The number of hydrogen-bond acceptors (Lipinski definition) is 3. The minimum Gasteiger partial charge on any atom is -0.457 e. The van der Waals surface area contributed by atoms with Gasteiger partial charge in [-0.1, -0.05) is 60.4 Å². The Morgan fingerprint density at radius 1 is 0.900 bits per heavy atom. The van der Waals surface area contributed by atoms with Gasteiger partial charge in [-0.05, 0) is 24.3 Å². The average Bonchev–Trinajstić information content (AvgIpc) is 2.79. The zero-order valence-corrected chi connectivity index (χ0v) is 16.4. The van der Waals surface area contributed by atoms with Crippen LogP contribution in [0.2, 0.25) is 0 Å². The summed E-state index contributed by atoms with van der Waals surface area (Å²) in [6, 6.07) is 22.2. The van der Waals surface area contributed by atoms with Crippen molar-refractivity contribution in [1.29, 1.82) is 0 Å². The van der Waals surface area contributed by atoms with E-state index in [0.717, 1.165) is 11.1 Å². The molecule has 0 fully saturated rings. The molecular formula is C25H20N2O3. The number of ether oxygens (including phenoxy) is 1. The quantitative estimate of drug-likeness (QED) is 0.667. The van der Waals surface area contributed by atoms with Crippen LogP contribution in [-0.2, 0) is 4.79 Å². The number of amides is 2. The second-order valence-electron chi connectivity index (χ2n) is 6.76. The molecule has 5 nitrogen and oxygen atoms in total. The van der Waals surface area contributed by atoms with Gasteiger partial charge in [-0.25, -0.2) is 0 Å². The second-order valence-corrected chi connectivity index (χ2v) is 6.76. The third kappa shape index (κ3) is 3.76. The Labute approximate surface area is 175 Å². The third-order valence-corrected chi connectivity index (χ3v) is 4.91. The summed E-state index contributed by atoms with van der Waals surface area (Å²) in [5.41, 5.74) is 2.78. The largest absolute Gasteiger partial charge is 0.457 e. The number of benzene rings is 3. The summed E-state index contributed by atoms with van der Waals surface area (Å²) in [6.07, 6.45) is 0. The van der Waals surface area contributed by atoms with E-state index in [-0.39, 0.29) is 18.4 Å². The van der Waals surface area contributed by atoms with Crippen LogP contribution in [0.1, 0.15) is 33.0 Å². The number of nitrogens with one attached hydrogen (secondary N) is 2. The molecule has 1 aliphatic heterocycles. The van der Waals surface area contributed by atoms with Crippen molar-refractivity contribution in [3.63, 3.8) is 0 Å². The molecule has 1 aliphatic rings. The molecule has 0 saturated heterocycles. The Balaban J connectivity index is 1.53. The molecule has 0 aromatic heterocycles. The van der Waals surface area contributed by atoms with Crippen LogP contribution in [0.25, 0.3) is 0 Å². The highest BCUT2D eigenvalue weighted by molar-refractivity contribution is 5.96. The SMILES string of the molecule is CNC(=O)c1ccccc1C#CCNC(=O)C1c2ccccc2Oc2ccccc21. The lowest BCUT2D eigenvalue weighted by molar-refractivity contribution is -0.121. The summed E-state index contributed by atoms with van der Waals surface area (Å²) >= 11 is 0. The van der Waals surface area contributed by atoms with E-state index in [0.29, 0.717) is 22.6 Å². The first-order chi connectivity index (χ1) is 14.7. The topological polar surface area (TPSA) is 67.4 Å². The minimum absolute atomic E-state index is 0.146. The molecule has 0 unspecified atom stereocenters. The maximum absolute atomic E-state index is 13.1. The fraction of sp³-hybridized carbons (Fsp3) is 0.120. The minimum atomic E-state index is -0.467. The van der Waals surface area contributed by atoms with E-state index >= 15 is 0 Å². The fourth-order valence-electron chi connectivity index (χ4n) is 3.49. The van der Waals surface area contributed by atoms with Gasteiger partial charge < -0.3 is 15.4 Å². The van der Waals surface area contributed by atoms with E-state index in [9.17, 15) is 9.59 Å². The lowest BCUT2D eigenvalue weighted by Crippen LogP contribution is -2.31. The Kier molecular flexibility index (Phi) is 5.49. The Bertz CT molecular complexity index is 1130. The lowest BCUT2D eigenvalue weighted by atomic mass is 9.87. The van der Waals surface area contributed by atoms with Gasteiger partial charge >= 0.3 is 0 Å². The highest BCUT2D eigenvalue weighted by atomic mass is 16.5. The zero-order valence-electron chi connectivity index (χ0n) is 16.4. The fourth-order valence-corrected chi connectivity index (χ4v) is 3.49. The Morgan fingerprint density at radius 2 is 1.50 bits per heavy atom. The molecule has 3 aromatic rings. The van der Waals surface area contributed by atoms with Crippen molar-refractivity contribution in [1.82, 2.24) is 10.6 Å².